The van der Waals surface area contributed by atoms with Crippen molar-refractivity contribution < 1.29 is 14.3 Å². The molecule has 1 atom stereocenters. The van der Waals surface area contributed by atoms with Crippen LogP contribution in [0.25, 0.3) is 0 Å². The number of morpholine rings is 1. The van der Waals surface area contributed by atoms with E-state index in [1.807, 2.05) is 18.7 Å². The molecular weight excluding hydrogens is 244 g/mol. The van der Waals surface area contributed by atoms with Crippen molar-refractivity contribution >= 4 is 11.6 Å². The molecule has 5 nitrogen and oxygen atoms in total. The van der Waals surface area contributed by atoms with Crippen LogP contribution in [0.3, 0.4) is 0 Å². The van der Waals surface area contributed by atoms with Crippen molar-refractivity contribution in [3.63, 3.8) is 0 Å². The SMILES string of the molecule is CCOc1cc(N)cc(C(=O)N2CCOCC2C)c1. The minimum Gasteiger partial charge on any atom is -0.494 e. The van der Waals surface area contributed by atoms with Gasteiger partial charge < -0.3 is 20.1 Å². The summed E-state index contributed by atoms with van der Waals surface area (Å²) in [5, 5.41) is 0. The summed E-state index contributed by atoms with van der Waals surface area (Å²) in [6.45, 7) is 6.19. The first-order valence-corrected chi connectivity index (χ1v) is 6.54. The first-order valence-electron chi connectivity index (χ1n) is 6.54. The molecule has 0 aromatic heterocycles. The maximum atomic E-state index is 12.5. The molecule has 0 radical (unpaired) electrons. The Morgan fingerprint density at radius 3 is 3.00 bits per heavy atom. The molecule has 1 aromatic carbocycles. The summed E-state index contributed by atoms with van der Waals surface area (Å²) in [6, 6.07) is 5.23. The fourth-order valence-corrected chi connectivity index (χ4v) is 2.19. The van der Waals surface area contributed by atoms with Gasteiger partial charge in [0, 0.05) is 23.9 Å². The summed E-state index contributed by atoms with van der Waals surface area (Å²) in [7, 11) is 0. The van der Waals surface area contributed by atoms with Crippen LogP contribution in [0.5, 0.6) is 5.75 Å². The van der Waals surface area contributed by atoms with Crippen molar-refractivity contribution in [1.29, 1.82) is 0 Å². The first-order chi connectivity index (χ1) is 9.11. The van der Waals surface area contributed by atoms with Gasteiger partial charge in [-0.2, -0.15) is 0 Å². The molecular formula is C14H20N2O3. The Hall–Kier alpha value is -1.75. The summed E-state index contributed by atoms with van der Waals surface area (Å²) < 4.78 is 10.8. The summed E-state index contributed by atoms with van der Waals surface area (Å²) in [4.78, 5) is 14.3. The van der Waals surface area contributed by atoms with Gasteiger partial charge in [-0.25, -0.2) is 0 Å². The molecule has 0 aliphatic carbocycles. The number of ether oxygens (including phenoxy) is 2. The number of hydrogen-bond donors (Lipinski definition) is 1. The number of rotatable bonds is 3. The topological polar surface area (TPSA) is 64.8 Å². The smallest absolute Gasteiger partial charge is 0.254 e. The molecule has 19 heavy (non-hydrogen) atoms. The molecule has 1 aliphatic rings. The standard InChI is InChI=1S/C14H20N2O3/c1-3-19-13-7-11(6-12(15)8-13)14(17)16-4-5-18-9-10(16)2/h6-8,10H,3-5,9,15H2,1-2H3. The second-order valence-electron chi connectivity index (χ2n) is 4.65. The van der Waals surface area contributed by atoms with E-state index in [9.17, 15) is 4.79 Å². The molecule has 2 rings (SSSR count). The summed E-state index contributed by atoms with van der Waals surface area (Å²) in [6.07, 6.45) is 0. The van der Waals surface area contributed by atoms with Gasteiger partial charge in [0.05, 0.1) is 25.9 Å². The monoisotopic (exact) mass is 264 g/mol. The number of nitrogens with zero attached hydrogens (tertiary/aromatic N) is 1. The second kappa shape index (κ2) is 5.93. The Morgan fingerprint density at radius 2 is 2.32 bits per heavy atom. The highest BCUT2D eigenvalue weighted by molar-refractivity contribution is 5.95. The van der Waals surface area contributed by atoms with Gasteiger partial charge >= 0.3 is 0 Å². The lowest BCUT2D eigenvalue weighted by Crippen LogP contribution is -2.47. The van der Waals surface area contributed by atoms with E-state index in [0.29, 0.717) is 43.4 Å². The van der Waals surface area contributed by atoms with Crippen molar-refractivity contribution in [2.75, 3.05) is 32.1 Å². The Morgan fingerprint density at radius 1 is 1.53 bits per heavy atom. The normalized spacial score (nSPS) is 19.3. The van der Waals surface area contributed by atoms with E-state index < -0.39 is 0 Å². The average Bonchev–Trinajstić information content (AvgIpc) is 2.38. The van der Waals surface area contributed by atoms with Crippen LogP contribution in [0.4, 0.5) is 5.69 Å². The van der Waals surface area contributed by atoms with Gasteiger partial charge in [0.1, 0.15) is 5.75 Å². The van der Waals surface area contributed by atoms with Crippen LogP contribution >= 0.6 is 0 Å². The summed E-state index contributed by atoms with van der Waals surface area (Å²) >= 11 is 0. The molecule has 104 valence electrons. The summed E-state index contributed by atoms with van der Waals surface area (Å²) in [5.74, 6) is 0.607. The molecule has 1 aromatic rings. The van der Waals surface area contributed by atoms with Crippen molar-refractivity contribution in [3.05, 3.63) is 23.8 Å². The van der Waals surface area contributed by atoms with Gasteiger partial charge in [-0.3, -0.25) is 4.79 Å². The molecule has 1 aliphatic heterocycles. The van der Waals surface area contributed by atoms with Crippen molar-refractivity contribution in [3.8, 4) is 5.75 Å². The maximum Gasteiger partial charge on any atom is 0.254 e. The highest BCUT2D eigenvalue weighted by atomic mass is 16.5. The van der Waals surface area contributed by atoms with E-state index in [-0.39, 0.29) is 11.9 Å². The third-order valence-corrected chi connectivity index (χ3v) is 3.12. The first kappa shape index (κ1) is 13.7. The fraction of sp³-hybridized carbons (Fsp3) is 0.500. The van der Waals surface area contributed by atoms with Gasteiger partial charge in [0.2, 0.25) is 0 Å². The van der Waals surface area contributed by atoms with E-state index in [0.717, 1.165) is 0 Å². The van der Waals surface area contributed by atoms with Crippen LogP contribution < -0.4 is 10.5 Å². The number of anilines is 1. The van der Waals surface area contributed by atoms with E-state index in [4.69, 9.17) is 15.2 Å². The molecule has 0 bridgehead atoms. The number of amides is 1. The second-order valence-corrected chi connectivity index (χ2v) is 4.65. The van der Waals surface area contributed by atoms with E-state index in [2.05, 4.69) is 0 Å². The quantitative estimate of drug-likeness (QED) is 0.841. The average molecular weight is 264 g/mol. The van der Waals surface area contributed by atoms with Gasteiger partial charge in [-0.1, -0.05) is 0 Å². The number of nitrogen functional groups attached to an aromatic ring is 1. The van der Waals surface area contributed by atoms with Gasteiger partial charge in [-0.05, 0) is 26.0 Å². The van der Waals surface area contributed by atoms with E-state index in [1.165, 1.54) is 0 Å². The number of nitrogens with two attached hydrogens (primary N) is 1. The Bertz CT molecular complexity index is 462. The third kappa shape index (κ3) is 3.17. The minimum absolute atomic E-state index is 0.0240. The van der Waals surface area contributed by atoms with Crippen molar-refractivity contribution in [2.45, 2.75) is 19.9 Å². The predicted molar refractivity (Wildman–Crippen MR) is 73.3 cm³/mol. The van der Waals surface area contributed by atoms with Crippen molar-refractivity contribution in [2.24, 2.45) is 0 Å². The number of carbonyl (C=O) groups excluding carboxylic acids is 1. The Balaban J connectivity index is 2.22. The predicted octanol–water partition coefficient (Wildman–Crippen LogP) is 1.53. The van der Waals surface area contributed by atoms with Gasteiger partial charge in [0.25, 0.3) is 5.91 Å². The highest BCUT2D eigenvalue weighted by Gasteiger charge is 2.25. The number of hydrogen-bond acceptors (Lipinski definition) is 4. The molecule has 2 N–H and O–H groups in total. The zero-order chi connectivity index (χ0) is 13.8. The molecule has 1 saturated heterocycles. The molecule has 1 fully saturated rings. The maximum absolute atomic E-state index is 12.5. The van der Waals surface area contributed by atoms with Crippen LogP contribution in [-0.4, -0.2) is 43.2 Å². The molecule has 1 amide bonds. The lowest BCUT2D eigenvalue weighted by molar-refractivity contribution is 0.00358. The lowest BCUT2D eigenvalue weighted by Gasteiger charge is -2.33. The molecule has 0 spiro atoms. The highest BCUT2D eigenvalue weighted by Crippen LogP contribution is 2.21. The minimum atomic E-state index is -0.0240. The zero-order valence-corrected chi connectivity index (χ0v) is 11.4. The molecule has 5 heteroatoms. The lowest BCUT2D eigenvalue weighted by atomic mass is 10.1. The third-order valence-electron chi connectivity index (χ3n) is 3.12. The van der Waals surface area contributed by atoms with E-state index >= 15 is 0 Å². The van der Waals surface area contributed by atoms with Crippen LogP contribution in [0.2, 0.25) is 0 Å². The molecule has 1 unspecified atom stereocenters. The van der Waals surface area contributed by atoms with Crippen LogP contribution in [0.15, 0.2) is 18.2 Å². The number of benzene rings is 1. The van der Waals surface area contributed by atoms with Crippen LogP contribution in [0.1, 0.15) is 24.2 Å². The van der Waals surface area contributed by atoms with Crippen LogP contribution in [-0.2, 0) is 4.74 Å². The largest absolute Gasteiger partial charge is 0.494 e. The van der Waals surface area contributed by atoms with Crippen molar-refractivity contribution in [1.82, 2.24) is 4.90 Å². The summed E-state index contributed by atoms with van der Waals surface area (Å²) in [5.41, 5.74) is 6.92. The van der Waals surface area contributed by atoms with E-state index in [1.54, 1.807) is 18.2 Å². The number of carbonyl (C=O) groups is 1. The fourth-order valence-electron chi connectivity index (χ4n) is 2.19. The Labute approximate surface area is 113 Å². The zero-order valence-electron chi connectivity index (χ0n) is 11.4. The molecule has 1 heterocycles. The van der Waals surface area contributed by atoms with Crippen LogP contribution in [0, 0.1) is 0 Å². The van der Waals surface area contributed by atoms with Gasteiger partial charge in [0.15, 0.2) is 0 Å². The molecule has 0 saturated carbocycles. The Kier molecular flexibility index (Phi) is 4.27. The van der Waals surface area contributed by atoms with Gasteiger partial charge in [-0.15, -0.1) is 0 Å².